The van der Waals surface area contributed by atoms with Crippen LogP contribution in [-0.2, 0) is 5.22 Å². The molecule has 162 valence electrons. The summed E-state index contributed by atoms with van der Waals surface area (Å²) in [5, 5.41) is 14.3. The first-order valence-corrected chi connectivity index (χ1v) is 13.9. The highest BCUT2D eigenvalue weighted by atomic mass is 28.3. The average molecular weight is 437 g/mol. The zero-order chi connectivity index (χ0) is 22.6. The van der Waals surface area contributed by atoms with E-state index in [1.807, 2.05) is 6.07 Å². The second-order valence-electron chi connectivity index (χ2n) is 9.26. The van der Waals surface area contributed by atoms with Gasteiger partial charge in [0.25, 0.3) is 0 Å². The molecule has 0 aliphatic heterocycles. The molecule has 0 aromatic heterocycles. The van der Waals surface area contributed by atoms with Gasteiger partial charge in [-0.25, -0.2) is 0 Å². The van der Waals surface area contributed by atoms with Crippen molar-refractivity contribution in [3.8, 4) is 11.1 Å². The molecule has 0 amide bonds. The van der Waals surface area contributed by atoms with Gasteiger partial charge in [0.2, 0.25) is 0 Å². The topological polar surface area (TPSA) is 20.2 Å². The third-order valence-electron chi connectivity index (χ3n) is 6.68. The number of rotatable bonds is 7. The largest absolute Gasteiger partial charge is 0.388 e. The van der Waals surface area contributed by atoms with Gasteiger partial charge < -0.3 is 5.11 Å². The highest BCUT2D eigenvalue weighted by Gasteiger charge is 2.52. The van der Waals surface area contributed by atoms with Crippen molar-refractivity contribution in [2.45, 2.75) is 32.0 Å². The first-order valence-electron chi connectivity index (χ1n) is 11.4. The minimum atomic E-state index is -2.63. The van der Waals surface area contributed by atoms with Crippen LogP contribution in [0, 0.1) is 5.92 Å². The fraction of sp³-hybridized carbons (Fsp3) is 0.200. The van der Waals surface area contributed by atoms with E-state index in [4.69, 9.17) is 0 Å². The molecule has 0 aliphatic carbocycles. The third kappa shape index (κ3) is 4.09. The van der Waals surface area contributed by atoms with Gasteiger partial charge in [-0.2, -0.15) is 0 Å². The van der Waals surface area contributed by atoms with Gasteiger partial charge in [-0.1, -0.05) is 140 Å². The molecule has 0 saturated carbocycles. The van der Waals surface area contributed by atoms with E-state index < -0.39 is 13.3 Å². The molecule has 0 spiro atoms. The van der Waals surface area contributed by atoms with Crippen LogP contribution in [0.4, 0.5) is 0 Å². The summed E-state index contributed by atoms with van der Waals surface area (Å²) in [6, 6.07) is 40.3. The number of benzene rings is 4. The van der Waals surface area contributed by atoms with Crippen LogP contribution in [0.5, 0.6) is 0 Å². The summed E-state index contributed by atoms with van der Waals surface area (Å²) in [5.41, 5.74) is 3.32. The minimum Gasteiger partial charge on any atom is -0.388 e. The quantitative estimate of drug-likeness (QED) is 0.351. The Labute approximate surface area is 193 Å². The number of hydrogen-bond acceptors (Lipinski definition) is 1. The first kappa shape index (κ1) is 22.3. The van der Waals surface area contributed by atoms with E-state index in [-0.39, 0.29) is 0 Å². The monoisotopic (exact) mass is 436 g/mol. The molecule has 0 fully saturated rings. The van der Waals surface area contributed by atoms with Crippen molar-refractivity contribution in [1.29, 1.82) is 0 Å². The van der Waals surface area contributed by atoms with Gasteiger partial charge in [-0.05, 0) is 35.1 Å². The maximum Gasteiger partial charge on any atom is 0.154 e. The molecule has 4 aromatic rings. The highest BCUT2D eigenvalue weighted by molar-refractivity contribution is 7.03. The molecule has 0 aliphatic rings. The number of aliphatic hydroxyl groups is 1. The van der Waals surface area contributed by atoms with Crippen LogP contribution in [0.1, 0.15) is 25.8 Å². The van der Waals surface area contributed by atoms with Crippen LogP contribution >= 0.6 is 0 Å². The summed E-state index contributed by atoms with van der Waals surface area (Å²) in [4.78, 5) is 0. The lowest BCUT2D eigenvalue weighted by molar-refractivity contribution is 0.0923. The van der Waals surface area contributed by atoms with Gasteiger partial charge in [-0.3, -0.25) is 0 Å². The van der Waals surface area contributed by atoms with Crippen LogP contribution < -0.4 is 10.4 Å². The SMILES string of the molecule is CC(C)CC(O)(c1cccc(-c2ccccc2)c1)[Si](C)(c1ccccc1)c1ccccc1. The maximum atomic E-state index is 12.8. The van der Waals surface area contributed by atoms with Crippen LogP contribution in [-0.4, -0.2) is 13.2 Å². The first-order chi connectivity index (χ1) is 15.4. The van der Waals surface area contributed by atoms with Gasteiger partial charge in [0, 0.05) is 0 Å². The summed E-state index contributed by atoms with van der Waals surface area (Å²) in [6.07, 6.45) is 0.706. The molecular weight excluding hydrogens is 404 g/mol. The van der Waals surface area contributed by atoms with Gasteiger partial charge >= 0.3 is 0 Å². The summed E-state index contributed by atoms with van der Waals surface area (Å²) >= 11 is 0. The lowest BCUT2D eigenvalue weighted by Gasteiger charge is -2.46. The van der Waals surface area contributed by atoms with Crippen molar-refractivity contribution < 1.29 is 5.11 Å². The molecule has 1 N–H and O–H groups in total. The van der Waals surface area contributed by atoms with Crippen molar-refractivity contribution >= 4 is 18.4 Å². The molecule has 1 atom stereocenters. The Morgan fingerprint density at radius 1 is 0.656 bits per heavy atom. The predicted octanol–water partition coefficient (Wildman–Crippen LogP) is 6.02. The molecule has 0 bridgehead atoms. The Balaban J connectivity index is 1.97. The smallest absolute Gasteiger partial charge is 0.154 e. The van der Waals surface area contributed by atoms with Gasteiger partial charge in [0.1, 0.15) is 0 Å². The average Bonchev–Trinajstić information content (AvgIpc) is 2.84. The summed E-state index contributed by atoms with van der Waals surface area (Å²) in [6.45, 7) is 6.74. The van der Waals surface area contributed by atoms with E-state index in [0.717, 1.165) is 11.1 Å². The summed E-state index contributed by atoms with van der Waals surface area (Å²) < 4.78 is 0. The van der Waals surface area contributed by atoms with Crippen molar-refractivity contribution in [3.05, 3.63) is 121 Å². The normalized spacial score (nSPS) is 13.7. The van der Waals surface area contributed by atoms with Crippen LogP contribution in [0.15, 0.2) is 115 Å². The molecule has 0 heterocycles. The van der Waals surface area contributed by atoms with Gasteiger partial charge in [0.15, 0.2) is 8.07 Å². The Bertz CT molecular complexity index is 1100. The van der Waals surface area contributed by atoms with E-state index in [9.17, 15) is 5.11 Å². The second-order valence-corrected chi connectivity index (χ2v) is 13.5. The lowest BCUT2D eigenvalue weighted by atomic mass is 9.95. The molecule has 1 nitrogen and oxygen atoms in total. The number of hydrogen-bond donors (Lipinski definition) is 1. The Morgan fingerprint density at radius 2 is 1.12 bits per heavy atom. The zero-order valence-electron chi connectivity index (χ0n) is 19.2. The predicted molar refractivity (Wildman–Crippen MR) is 139 cm³/mol. The summed E-state index contributed by atoms with van der Waals surface area (Å²) in [7, 11) is -2.63. The van der Waals surface area contributed by atoms with Crippen molar-refractivity contribution in [2.75, 3.05) is 0 Å². The molecule has 0 saturated heterocycles. The van der Waals surface area contributed by atoms with Crippen LogP contribution in [0.2, 0.25) is 6.55 Å². The zero-order valence-corrected chi connectivity index (χ0v) is 20.2. The van der Waals surface area contributed by atoms with E-state index in [1.54, 1.807) is 0 Å². The minimum absolute atomic E-state index is 0.347. The Hall–Kier alpha value is -2.94. The van der Waals surface area contributed by atoms with Gasteiger partial charge in [-0.15, -0.1) is 0 Å². The van der Waals surface area contributed by atoms with Crippen molar-refractivity contribution in [1.82, 2.24) is 0 Å². The highest BCUT2D eigenvalue weighted by Crippen LogP contribution is 2.39. The molecule has 1 unspecified atom stereocenters. The Kier molecular flexibility index (Phi) is 6.45. The molecular formula is C30H32OSi. The van der Waals surface area contributed by atoms with E-state index >= 15 is 0 Å². The fourth-order valence-electron chi connectivity index (χ4n) is 4.98. The fourth-order valence-corrected chi connectivity index (χ4v) is 9.53. The molecule has 4 aromatic carbocycles. The van der Waals surface area contributed by atoms with Crippen LogP contribution in [0.3, 0.4) is 0 Å². The summed E-state index contributed by atoms with van der Waals surface area (Å²) in [5.74, 6) is 0.347. The van der Waals surface area contributed by atoms with Crippen molar-refractivity contribution in [3.63, 3.8) is 0 Å². The lowest BCUT2D eigenvalue weighted by Crippen LogP contribution is -2.70. The molecule has 4 rings (SSSR count). The maximum absolute atomic E-state index is 12.8. The van der Waals surface area contributed by atoms with Crippen LogP contribution in [0.25, 0.3) is 11.1 Å². The van der Waals surface area contributed by atoms with E-state index in [0.29, 0.717) is 12.3 Å². The molecule has 0 radical (unpaired) electrons. The standard InChI is InChI=1S/C30H32OSi/c1-24(2)23-30(31,27-17-13-16-26(22-27)25-14-7-4-8-15-25)32(3,28-18-9-5-10-19-28)29-20-11-6-12-21-29/h4-22,24,31H,23H2,1-3H3. The molecule has 32 heavy (non-hydrogen) atoms. The van der Waals surface area contributed by atoms with Crippen molar-refractivity contribution in [2.24, 2.45) is 5.92 Å². The van der Waals surface area contributed by atoms with E-state index in [1.165, 1.54) is 15.9 Å². The van der Waals surface area contributed by atoms with Gasteiger partial charge in [0.05, 0.1) is 5.22 Å². The molecule has 2 heteroatoms. The second kappa shape index (κ2) is 9.28. The van der Waals surface area contributed by atoms with E-state index in [2.05, 4.69) is 130 Å². The Morgan fingerprint density at radius 3 is 1.62 bits per heavy atom. The third-order valence-corrected chi connectivity index (χ3v) is 11.8.